The number of hydrogen-bond acceptors (Lipinski definition) is 1. The van der Waals surface area contributed by atoms with E-state index in [1.54, 1.807) is 0 Å². The average molecular weight is 325 g/mol. The highest BCUT2D eigenvalue weighted by Gasteiger charge is 2.18. The van der Waals surface area contributed by atoms with Gasteiger partial charge in [-0.2, -0.15) is 0 Å². The maximum absolute atomic E-state index is 12.5. The second kappa shape index (κ2) is 5.59. The summed E-state index contributed by atoms with van der Waals surface area (Å²) in [6.07, 6.45) is 0. The summed E-state index contributed by atoms with van der Waals surface area (Å²) in [5.74, 6) is 0.0851. The first-order chi connectivity index (χ1) is 9.75. The van der Waals surface area contributed by atoms with Gasteiger partial charge < -0.3 is 0 Å². The average Bonchev–Trinajstić information content (AvgIpc) is 2.54. The summed E-state index contributed by atoms with van der Waals surface area (Å²) >= 11 is 3.50. The molecule has 0 spiro atoms. The van der Waals surface area contributed by atoms with Gasteiger partial charge in [-0.15, -0.1) is 0 Å². The Bertz CT molecular complexity index is 749. The SMILES string of the molecule is O=C(c1ccc2ccccc2c1)[C@H](Br)c1ccccc1. The van der Waals surface area contributed by atoms with Crippen LogP contribution in [0.5, 0.6) is 0 Å². The van der Waals surface area contributed by atoms with Crippen LogP contribution in [0, 0.1) is 0 Å². The first kappa shape index (κ1) is 13.1. The molecule has 0 saturated heterocycles. The lowest BCUT2D eigenvalue weighted by atomic mass is 10.00. The van der Waals surface area contributed by atoms with Crippen LogP contribution in [0.1, 0.15) is 20.7 Å². The highest BCUT2D eigenvalue weighted by Crippen LogP contribution is 2.28. The number of Topliss-reactive ketones (excluding diaryl/α,β-unsaturated/α-hetero) is 1. The molecule has 0 radical (unpaired) electrons. The molecule has 0 amide bonds. The normalized spacial score (nSPS) is 12.2. The van der Waals surface area contributed by atoms with Gasteiger partial charge in [0.25, 0.3) is 0 Å². The summed E-state index contributed by atoms with van der Waals surface area (Å²) in [6.45, 7) is 0. The first-order valence-corrected chi connectivity index (χ1v) is 7.39. The number of benzene rings is 3. The van der Waals surface area contributed by atoms with Gasteiger partial charge in [-0.1, -0.05) is 82.7 Å². The number of hydrogen-bond donors (Lipinski definition) is 0. The lowest BCUT2D eigenvalue weighted by molar-refractivity contribution is 0.0991. The fraction of sp³-hybridized carbons (Fsp3) is 0.0556. The van der Waals surface area contributed by atoms with Crippen molar-refractivity contribution in [1.29, 1.82) is 0 Å². The molecule has 3 aromatic carbocycles. The van der Waals surface area contributed by atoms with Gasteiger partial charge in [-0.25, -0.2) is 0 Å². The Morgan fingerprint density at radius 2 is 1.45 bits per heavy atom. The van der Waals surface area contributed by atoms with Gasteiger partial charge in [0.05, 0.1) is 0 Å². The van der Waals surface area contributed by atoms with Crippen LogP contribution in [0.25, 0.3) is 10.8 Å². The number of carbonyl (C=O) groups excluding carboxylic acids is 1. The molecule has 0 saturated carbocycles. The Hall–Kier alpha value is -1.93. The number of fused-ring (bicyclic) bond motifs is 1. The van der Waals surface area contributed by atoms with Gasteiger partial charge in [0.2, 0.25) is 0 Å². The molecule has 0 unspecified atom stereocenters. The van der Waals surface area contributed by atoms with E-state index in [1.807, 2.05) is 72.8 Å². The second-order valence-electron chi connectivity index (χ2n) is 4.70. The maximum Gasteiger partial charge on any atom is 0.180 e. The third-order valence-electron chi connectivity index (χ3n) is 3.36. The quantitative estimate of drug-likeness (QED) is 0.480. The minimum absolute atomic E-state index is 0.0851. The van der Waals surface area contributed by atoms with E-state index in [1.165, 1.54) is 0 Å². The molecule has 0 aliphatic carbocycles. The molecule has 20 heavy (non-hydrogen) atoms. The molecule has 0 bridgehead atoms. The van der Waals surface area contributed by atoms with Crippen molar-refractivity contribution in [1.82, 2.24) is 0 Å². The molecule has 0 N–H and O–H groups in total. The molecule has 0 fully saturated rings. The zero-order valence-electron chi connectivity index (χ0n) is 10.8. The first-order valence-electron chi connectivity index (χ1n) is 6.48. The van der Waals surface area contributed by atoms with Crippen LogP contribution in [0.2, 0.25) is 0 Å². The Kier molecular flexibility index (Phi) is 3.66. The smallest absolute Gasteiger partial charge is 0.180 e. The molecular formula is C18H13BrO. The van der Waals surface area contributed by atoms with E-state index in [0.717, 1.165) is 21.9 Å². The molecule has 0 aliphatic heterocycles. The predicted molar refractivity (Wildman–Crippen MR) is 86.4 cm³/mol. The van der Waals surface area contributed by atoms with E-state index in [-0.39, 0.29) is 10.6 Å². The molecule has 2 heteroatoms. The molecule has 0 aromatic heterocycles. The van der Waals surface area contributed by atoms with Gasteiger partial charge in [-0.3, -0.25) is 4.79 Å². The number of ketones is 1. The van der Waals surface area contributed by atoms with Gasteiger partial charge >= 0.3 is 0 Å². The van der Waals surface area contributed by atoms with Gasteiger partial charge in [0.15, 0.2) is 5.78 Å². The number of alkyl halides is 1. The van der Waals surface area contributed by atoms with Crippen LogP contribution >= 0.6 is 15.9 Å². The van der Waals surface area contributed by atoms with E-state index in [2.05, 4.69) is 15.9 Å². The fourth-order valence-corrected chi connectivity index (χ4v) is 2.83. The Labute approximate surface area is 126 Å². The molecule has 98 valence electrons. The summed E-state index contributed by atoms with van der Waals surface area (Å²) in [5, 5.41) is 2.24. The summed E-state index contributed by atoms with van der Waals surface area (Å²) in [7, 11) is 0. The highest BCUT2D eigenvalue weighted by atomic mass is 79.9. The molecule has 3 aromatic rings. The van der Waals surface area contributed by atoms with Crippen LogP contribution in [0.4, 0.5) is 0 Å². The largest absolute Gasteiger partial charge is 0.293 e. The standard InChI is InChI=1S/C18H13BrO/c19-17(14-7-2-1-3-8-14)18(20)16-11-10-13-6-4-5-9-15(13)12-16/h1-12,17H/t17-/m1/s1. The Morgan fingerprint density at radius 3 is 2.20 bits per heavy atom. The van der Waals surface area contributed by atoms with E-state index < -0.39 is 0 Å². The van der Waals surface area contributed by atoms with Crippen LogP contribution in [0.15, 0.2) is 72.8 Å². The lowest BCUT2D eigenvalue weighted by Gasteiger charge is -2.10. The predicted octanol–water partition coefficient (Wildman–Crippen LogP) is 5.16. The summed E-state index contributed by atoms with van der Waals surface area (Å²) in [5.41, 5.74) is 1.71. The fourth-order valence-electron chi connectivity index (χ4n) is 2.26. The molecular weight excluding hydrogens is 312 g/mol. The zero-order chi connectivity index (χ0) is 13.9. The van der Waals surface area contributed by atoms with Crippen molar-refractivity contribution in [2.45, 2.75) is 4.83 Å². The third kappa shape index (κ3) is 2.52. The summed E-state index contributed by atoms with van der Waals surface area (Å²) in [6, 6.07) is 23.6. The van der Waals surface area contributed by atoms with Crippen molar-refractivity contribution in [3.05, 3.63) is 83.9 Å². The van der Waals surface area contributed by atoms with E-state index in [0.29, 0.717) is 0 Å². The molecule has 0 aliphatic rings. The van der Waals surface area contributed by atoms with Crippen molar-refractivity contribution in [3.8, 4) is 0 Å². The Morgan fingerprint density at radius 1 is 0.800 bits per heavy atom. The van der Waals surface area contributed by atoms with Gasteiger partial charge in [0, 0.05) is 5.56 Å². The molecule has 1 atom stereocenters. The monoisotopic (exact) mass is 324 g/mol. The van der Waals surface area contributed by atoms with Crippen molar-refractivity contribution in [3.63, 3.8) is 0 Å². The Balaban J connectivity index is 1.96. The van der Waals surface area contributed by atoms with Crippen LogP contribution in [-0.2, 0) is 0 Å². The second-order valence-corrected chi connectivity index (χ2v) is 5.62. The van der Waals surface area contributed by atoms with Crippen molar-refractivity contribution in [2.24, 2.45) is 0 Å². The third-order valence-corrected chi connectivity index (χ3v) is 4.30. The van der Waals surface area contributed by atoms with Crippen molar-refractivity contribution >= 4 is 32.5 Å². The maximum atomic E-state index is 12.5. The summed E-state index contributed by atoms with van der Waals surface area (Å²) in [4.78, 5) is 12.2. The van der Waals surface area contributed by atoms with Gasteiger partial charge in [0.1, 0.15) is 4.83 Å². The van der Waals surface area contributed by atoms with E-state index in [4.69, 9.17) is 0 Å². The number of carbonyl (C=O) groups is 1. The molecule has 1 nitrogen and oxygen atoms in total. The van der Waals surface area contributed by atoms with Crippen LogP contribution in [-0.4, -0.2) is 5.78 Å². The van der Waals surface area contributed by atoms with Crippen molar-refractivity contribution < 1.29 is 4.79 Å². The van der Waals surface area contributed by atoms with Crippen LogP contribution < -0.4 is 0 Å². The highest BCUT2D eigenvalue weighted by molar-refractivity contribution is 9.09. The van der Waals surface area contributed by atoms with Gasteiger partial charge in [-0.05, 0) is 22.4 Å². The topological polar surface area (TPSA) is 17.1 Å². The van der Waals surface area contributed by atoms with E-state index >= 15 is 0 Å². The summed E-state index contributed by atoms with van der Waals surface area (Å²) < 4.78 is 0. The lowest BCUT2D eigenvalue weighted by Crippen LogP contribution is -2.06. The number of halogens is 1. The zero-order valence-corrected chi connectivity index (χ0v) is 12.4. The molecule has 3 rings (SSSR count). The minimum atomic E-state index is -0.301. The van der Waals surface area contributed by atoms with Crippen LogP contribution in [0.3, 0.4) is 0 Å². The minimum Gasteiger partial charge on any atom is -0.293 e. The molecule has 0 heterocycles. The number of rotatable bonds is 3. The van der Waals surface area contributed by atoms with Crippen molar-refractivity contribution in [2.75, 3.05) is 0 Å². The van der Waals surface area contributed by atoms with E-state index in [9.17, 15) is 4.79 Å².